The van der Waals surface area contributed by atoms with E-state index in [-0.39, 0.29) is 0 Å². The van der Waals surface area contributed by atoms with Crippen LogP contribution in [0.2, 0.25) is 0 Å². The third kappa shape index (κ3) is 3.63. The molecule has 0 atom stereocenters. The van der Waals surface area contributed by atoms with Crippen LogP contribution in [-0.4, -0.2) is 17.0 Å². The molecule has 90 valence electrons. The van der Waals surface area contributed by atoms with Crippen molar-refractivity contribution in [2.75, 3.05) is 5.32 Å². The van der Waals surface area contributed by atoms with Gasteiger partial charge in [0.25, 0.3) is 0 Å². The average Bonchev–Trinajstić information content (AvgIpc) is 2.22. The first kappa shape index (κ1) is 12.8. The lowest BCUT2D eigenvalue weighted by atomic mass is 10.2. The maximum absolute atomic E-state index is 13.0. The zero-order valence-electron chi connectivity index (χ0n) is 8.21. The Bertz CT molecular complexity index is 500. The first-order chi connectivity index (χ1) is 7.90. The van der Waals surface area contributed by atoms with Gasteiger partial charge in [0, 0.05) is 24.3 Å². The van der Waals surface area contributed by atoms with Gasteiger partial charge in [-0.3, -0.25) is 4.79 Å². The van der Waals surface area contributed by atoms with Gasteiger partial charge in [-0.1, -0.05) is 0 Å². The molecule has 0 bridgehead atoms. The lowest BCUT2D eigenvalue weighted by Crippen LogP contribution is -2.11. The second kappa shape index (κ2) is 5.15. The van der Waals surface area contributed by atoms with Crippen molar-refractivity contribution >= 4 is 17.6 Å². The molecule has 7 heteroatoms. The molecule has 2 N–H and O–H groups in total. The van der Waals surface area contributed by atoms with E-state index in [0.717, 1.165) is 0 Å². The zero-order chi connectivity index (χ0) is 13.0. The van der Waals surface area contributed by atoms with Gasteiger partial charge in [0.05, 0.1) is 5.69 Å². The fourth-order valence-electron chi connectivity index (χ4n) is 0.968. The molecule has 0 aromatic heterocycles. The Hall–Kier alpha value is -2.31. The molecule has 0 aliphatic heterocycles. The van der Waals surface area contributed by atoms with E-state index in [1.165, 1.54) is 0 Å². The number of nitrogens with one attached hydrogen (secondary N) is 1. The van der Waals surface area contributed by atoms with Gasteiger partial charge in [-0.2, -0.15) is 0 Å². The molecule has 1 aromatic rings. The number of carbonyl (C=O) groups excluding carboxylic acids is 1. The van der Waals surface area contributed by atoms with Gasteiger partial charge < -0.3 is 10.4 Å². The molecule has 0 heterocycles. The van der Waals surface area contributed by atoms with Gasteiger partial charge >= 0.3 is 5.97 Å². The highest BCUT2D eigenvalue weighted by Crippen LogP contribution is 2.18. The molecule has 0 saturated carbocycles. The number of anilines is 1. The molecule has 0 aliphatic rings. The van der Waals surface area contributed by atoms with Crippen molar-refractivity contribution < 1.29 is 27.9 Å². The number of hydrogen-bond donors (Lipinski definition) is 2. The van der Waals surface area contributed by atoms with Gasteiger partial charge in [-0.15, -0.1) is 0 Å². The van der Waals surface area contributed by atoms with E-state index < -0.39 is 35.0 Å². The molecule has 0 radical (unpaired) electrons. The normalized spacial score (nSPS) is 10.5. The summed E-state index contributed by atoms with van der Waals surface area (Å²) in [6, 6.07) is 0.892. The highest BCUT2D eigenvalue weighted by Gasteiger charge is 2.12. The summed E-state index contributed by atoms with van der Waals surface area (Å²) in [4.78, 5) is 21.1. The third-order valence-electron chi connectivity index (χ3n) is 1.63. The summed E-state index contributed by atoms with van der Waals surface area (Å²) in [7, 11) is 0. The van der Waals surface area contributed by atoms with E-state index in [2.05, 4.69) is 0 Å². The standard InChI is InChI=1S/C10H6F3NO3/c11-5-3-6(12)10(13)7(4-5)14-8(15)1-2-9(16)17/h1-4H,(H,14,15)(H,16,17)/b2-1+. The van der Waals surface area contributed by atoms with Crippen LogP contribution < -0.4 is 5.32 Å². The summed E-state index contributed by atoms with van der Waals surface area (Å²) in [5.41, 5.74) is -0.706. The summed E-state index contributed by atoms with van der Waals surface area (Å²) in [5, 5.41) is 10.0. The largest absolute Gasteiger partial charge is 0.478 e. The van der Waals surface area contributed by atoms with E-state index in [0.29, 0.717) is 24.3 Å². The minimum Gasteiger partial charge on any atom is -0.478 e. The Labute approximate surface area is 93.4 Å². The summed E-state index contributed by atoms with van der Waals surface area (Å²) in [5.74, 6) is -6.35. The molecule has 0 fully saturated rings. The van der Waals surface area contributed by atoms with Crippen LogP contribution in [0.3, 0.4) is 0 Å². The topological polar surface area (TPSA) is 66.4 Å². The zero-order valence-corrected chi connectivity index (χ0v) is 8.21. The van der Waals surface area contributed by atoms with Crippen LogP contribution in [0.4, 0.5) is 18.9 Å². The Morgan fingerprint density at radius 1 is 1.18 bits per heavy atom. The van der Waals surface area contributed by atoms with Crippen LogP contribution in [0.5, 0.6) is 0 Å². The minimum atomic E-state index is -1.46. The quantitative estimate of drug-likeness (QED) is 0.629. The minimum absolute atomic E-state index is 0.318. The lowest BCUT2D eigenvalue weighted by molar-refractivity contribution is -0.131. The number of benzene rings is 1. The molecular formula is C10H6F3NO3. The number of rotatable bonds is 3. The monoisotopic (exact) mass is 245 g/mol. The summed E-state index contributed by atoms with van der Waals surface area (Å²) in [6.45, 7) is 0. The molecule has 0 aliphatic carbocycles. The second-order valence-electron chi connectivity index (χ2n) is 2.91. The van der Waals surface area contributed by atoms with Crippen molar-refractivity contribution in [2.24, 2.45) is 0 Å². The Balaban J connectivity index is 2.89. The van der Waals surface area contributed by atoms with E-state index in [4.69, 9.17) is 5.11 Å². The summed E-state index contributed by atoms with van der Waals surface area (Å²) < 4.78 is 38.5. The third-order valence-corrected chi connectivity index (χ3v) is 1.63. The predicted octanol–water partition coefficient (Wildman–Crippen LogP) is 1.68. The van der Waals surface area contributed by atoms with Crippen LogP contribution in [0, 0.1) is 17.5 Å². The molecule has 0 saturated heterocycles. The Kier molecular flexibility index (Phi) is 3.86. The molecular weight excluding hydrogens is 239 g/mol. The Morgan fingerprint density at radius 3 is 2.41 bits per heavy atom. The lowest BCUT2D eigenvalue weighted by Gasteiger charge is -2.04. The van der Waals surface area contributed by atoms with Crippen molar-refractivity contribution in [3.63, 3.8) is 0 Å². The number of halogens is 3. The first-order valence-electron chi connectivity index (χ1n) is 4.26. The van der Waals surface area contributed by atoms with Crippen LogP contribution in [-0.2, 0) is 9.59 Å². The second-order valence-corrected chi connectivity index (χ2v) is 2.91. The maximum Gasteiger partial charge on any atom is 0.328 e. The average molecular weight is 245 g/mol. The molecule has 0 spiro atoms. The molecule has 17 heavy (non-hydrogen) atoms. The van der Waals surface area contributed by atoms with E-state index in [1.54, 1.807) is 5.32 Å². The number of carboxylic acids is 1. The van der Waals surface area contributed by atoms with Crippen molar-refractivity contribution in [1.82, 2.24) is 0 Å². The number of carboxylic acid groups (broad SMARTS) is 1. The highest BCUT2D eigenvalue weighted by atomic mass is 19.2. The van der Waals surface area contributed by atoms with Crippen molar-refractivity contribution in [1.29, 1.82) is 0 Å². The molecule has 4 nitrogen and oxygen atoms in total. The van der Waals surface area contributed by atoms with Crippen LogP contribution in [0.25, 0.3) is 0 Å². The number of amides is 1. The van der Waals surface area contributed by atoms with Crippen molar-refractivity contribution in [2.45, 2.75) is 0 Å². The Morgan fingerprint density at radius 2 is 1.82 bits per heavy atom. The SMILES string of the molecule is O=C(O)/C=C/C(=O)Nc1cc(F)cc(F)c1F. The maximum atomic E-state index is 13.0. The van der Waals surface area contributed by atoms with Crippen molar-refractivity contribution in [3.8, 4) is 0 Å². The van der Waals surface area contributed by atoms with Gasteiger partial charge in [-0.25, -0.2) is 18.0 Å². The first-order valence-corrected chi connectivity index (χ1v) is 4.26. The fraction of sp³-hybridized carbons (Fsp3) is 0. The highest BCUT2D eigenvalue weighted by molar-refractivity contribution is 6.02. The van der Waals surface area contributed by atoms with Gasteiger partial charge in [0.2, 0.25) is 5.91 Å². The van der Waals surface area contributed by atoms with Crippen LogP contribution in [0.15, 0.2) is 24.3 Å². The molecule has 1 rings (SSSR count). The summed E-state index contributed by atoms with van der Waals surface area (Å²) >= 11 is 0. The van der Waals surface area contributed by atoms with E-state index >= 15 is 0 Å². The van der Waals surface area contributed by atoms with Gasteiger partial charge in [0.1, 0.15) is 5.82 Å². The number of carbonyl (C=O) groups is 2. The van der Waals surface area contributed by atoms with Gasteiger partial charge in [0.15, 0.2) is 11.6 Å². The van der Waals surface area contributed by atoms with Gasteiger partial charge in [-0.05, 0) is 0 Å². The predicted molar refractivity (Wildman–Crippen MR) is 51.7 cm³/mol. The molecule has 1 aromatic carbocycles. The molecule has 1 amide bonds. The smallest absolute Gasteiger partial charge is 0.328 e. The van der Waals surface area contributed by atoms with Crippen molar-refractivity contribution in [3.05, 3.63) is 41.7 Å². The van der Waals surface area contributed by atoms with E-state index in [1.807, 2.05) is 0 Å². The number of hydrogen-bond acceptors (Lipinski definition) is 2. The van der Waals surface area contributed by atoms with Crippen LogP contribution in [0.1, 0.15) is 0 Å². The summed E-state index contributed by atoms with van der Waals surface area (Å²) in [6.07, 6.45) is 1.09. The van der Waals surface area contributed by atoms with E-state index in [9.17, 15) is 22.8 Å². The molecule has 0 unspecified atom stereocenters. The number of aliphatic carboxylic acids is 1. The fourth-order valence-corrected chi connectivity index (χ4v) is 0.968. The van der Waals surface area contributed by atoms with Crippen LogP contribution >= 0.6 is 0 Å².